The molecule has 5 unspecified atom stereocenters. The zero-order chi connectivity index (χ0) is 33.9. The lowest BCUT2D eigenvalue weighted by atomic mass is 9.46. The van der Waals surface area contributed by atoms with E-state index in [1.807, 2.05) is 0 Å². The fraction of sp³-hybridized carbons (Fsp3) is 0.932. The largest absolute Gasteiger partial charge is 0.481 e. The number of carboxylic acid groups (broad SMARTS) is 1. The van der Waals surface area contributed by atoms with E-state index in [9.17, 15) is 9.90 Å². The van der Waals surface area contributed by atoms with Crippen molar-refractivity contribution in [1.29, 1.82) is 0 Å². The third-order valence-corrected chi connectivity index (χ3v) is 15.4. The molecule has 1 N–H and O–H groups in total. The van der Waals surface area contributed by atoms with Crippen molar-refractivity contribution in [2.24, 2.45) is 58.2 Å². The number of aliphatic carboxylic acids is 1. The molecule has 3 heteroatoms. The second kappa shape index (κ2) is 19.3. The number of hydrogen-bond donors (Lipinski definition) is 1. The van der Waals surface area contributed by atoms with E-state index >= 15 is 0 Å². The van der Waals surface area contributed by atoms with E-state index in [0.717, 1.165) is 66.5 Å². The predicted octanol–water partition coefficient (Wildman–Crippen LogP) is 14.2. The van der Waals surface area contributed by atoms with Crippen molar-refractivity contribution in [3.63, 3.8) is 0 Å². The lowest BCUT2D eigenvalue weighted by Crippen LogP contribution is -2.51. The molecule has 4 aliphatic rings. The van der Waals surface area contributed by atoms with E-state index < -0.39 is 5.97 Å². The van der Waals surface area contributed by atoms with Gasteiger partial charge in [0.1, 0.15) is 0 Å². The van der Waals surface area contributed by atoms with E-state index in [2.05, 4.69) is 56.6 Å². The second-order valence-corrected chi connectivity index (χ2v) is 19.1. The summed E-state index contributed by atoms with van der Waals surface area (Å²) in [5.74, 6) is 4.88. The van der Waals surface area contributed by atoms with E-state index in [1.54, 1.807) is 5.57 Å². The maximum atomic E-state index is 12.6. The highest BCUT2D eigenvalue weighted by Crippen LogP contribution is 2.67. The van der Waals surface area contributed by atoms with Crippen molar-refractivity contribution >= 4 is 21.9 Å². The summed E-state index contributed by atoms with van der Waals surface area (Å²) in [5, 5.41) is 11.5. The van der Waals surface area contributed by atoms with Gasteiger partial charge in [-0.25, -0.2) is 0 Å². The Labute approximate surface area is 301 Å². The van der Waals surface area contributed by atoms with Gasteiger partial charge in [-0.3, -0.25) is 4.79 Å². The third-order valence-electron chi connectivity index (χ3n) is 14.9. The maximum absolute atomic E-state index is 12.6. The lowest BCUT2D eigenvalue weighted by molar-refractivity contribution is -0.144. The fourth-order valence-electron chi connectivity index (χ4n) is 12.0. The molecule has 0 radical (unpaired) electrons. The molecule has 0 heterocycles. The minimum Gasteiger partial charge on any atom is -0.481 e. The molecule has 0 bridgehead atoms. The van der Waals surface area contributed by atoms with E-state index in [1.165, 1.54) is 135 Å². The predicted molar refractivity (Wildman–Crippen MR) is 206 cm³/mol. The molecule has 2 nitrogen and oxygen atoms in total. The molecule has 9 atom stereocenters. The highest BCUT2D eigenvalue weighted by molar-refractivity contribution is 9.09. The van der Waals surface area contributed by atoms with Gasteiger partial charge in [-0.05, 0) is 116 Å². The molecule has 3 saturated carbocycles. The number of halogens is 1. The van der Waals surface area contributed by atoms with Crippen LogP contribution in [0.2, 0.25) is 0 Å². The van der Waals surface area contributed by atoms with Crippen LogP contribution in [-0.2, 0) is 4.79 Å². The molecule has 47 heavy (non-hydrogen) atoms. The fourth-order valence-corrected chi connectivity index (χ4v) is 12.4. The number of fused-ring (bicyclic) bond motifs is 5. The highest BCUT2D eigenvalue weighted by atomic mass is 79.9. The Balaban J connectivity index is 1.20. The van der Waals surface area contributed by atoms with Crippen LogP contribution in [0.1, 0.15) is 195 Å². The van der Waals surface area contributed by atoms with Crippen LogP contribution < -0.4 is 0 Å². The Bertz CT molecular complexity index is 957. The average Bonchev–Trinajstić information content (AvgIpc) is 3.39. The Kier molecular flexibility index (Phi) is 16.2. The van der Waals surface area contributed by atoms with Crippen LogP contribution in [0.25, 0.3) is 0 Å². The first-order valence-electron chi connectivity index (χ1n) is 21.1. The van der Waals surface area contributed by atoms with Crippen molar-refractivity contribution in [2.75, 3.05) is 5.33 Å². The summed E-state index contributed by atoms with van der Waals surface area (Å²) < 4.78 is 0. The van der Waals surface area contributed by atoms with Crippen molar-refractivity contribution < 1.29 is 9.90 Å². The van der Waals surface area contributed by atoms with Crippen LogP contribution in [-0.4, -0.2) is 16.4 Å². The average molecular weight is 718 g/mol. The number of carbonyl (C=O) groups is 1. The minimum atomic E-state index is -0.520. The summed E-state index contributed by atoms with van der Waals surface area (Å²) in [4.78, 5) is 12.6. The normalized spacial score (nSPS) is 33.2. The molecule has 0 aromatic carbocycles. The van der Waals surface area contributed by atoms with Crippen LogP contribution in [0, 0.1) is 58.2 Å². The van der Waals surface area contributed by atoms with Crippen LogP contribution in [0.3, 0.4) is 0 Å². The van der Waals surface area contributed by atoms with Gasteiger partial charge in [0.05, 0.1) is 5.92 Å². The molecule has 4 rings (SSSR count). The first-order chi connectivity index (χ1) is 22.6. The minimum absolute atomic E-state index is 0.143. The third kappa shape index (κ3) is 10.4. The SMILES string of the molecule is CC(C)CCC[C@@H](C)[C@H]1CCC2C3CC=C4CC(C(CCCCCCCCCCCCCCCBr)C(=O)O)CC[C@]4(C)C3CC[C@@]21C. The first-order valence-corrected chi connectivity index (χ1v) is 22.2. The summed E-state index contributed by atoms with van der Waals surface area (Å²) in [6, 6.07) is 0. The molecule has 3 fully saturated rings. The summed E-state index contributed by atoms with van der Waals surface area (Å²) in [6.07, 6.45) is 35.6. The van der Waals surface area contributed by atoms with Crippen molar-refractivity contribution in [2.45, 2.75) is 195 Å². The maximum Gasteiger partial charge on any atom is 0.306 e. The number of rotatable bonds is 22. The van der Waals surface area contributed by atoms with Gasteiger partial charge in [0.25, 0.3) is 0 Å². The van der Waals surface area contributed by atoms with Crippen LogP contribution in [0.4, 0.5) is 0 Å². The van der Waals surface area contributed by atoms with Gasteiger partial charge in [0.2, 0.25) is 0 Å². The standard InChI is InChI=1S/C44H77BrO2/c1-33(2)20-19-21-34(3)39-25-26-40-38-24-23-36-32-35(27-29-43(36,4)41(38)28-30-44(39,40)5)37(42(46)47)22-17-15-13-11-9-7-6-8-10-12-14-16-18-31-45/h23,33-35,37-41H,6-22,24-32H2,1-5H3,(H,46,47)/t34-,35?,37?,38?,39-,40?,41?,43+,44-/m1/s1. The van der Waals surface area contributed by atoms with Crippen molar-refractivity contribution in [3.05, 3.63) is 11.6 Å². The van der Waals surface area contributed by atoms with Crippen LogP contribution in [0.15, 0.2) is 11.6 Å². The molecule has 0 aromatic rings. The first kappa shape index (κ1) is 39.5. The number of alkyl halides is 1. The quantitative estimate of drug-likeness (QED) is 0.0688. The topological polar surface area (TPSA) is 37.3 Å². The summed E-state index contributed by atoms with van der Waals surface area (Å²) in [7, 11) is 0. The lowest BCUT2D eigenvalue weighted by Gasteiger charge is -2.59. The molecule has 0 aromatic heterocycles. The van der Waals surface area contributed by atoms with E-state index in [4.69, 9.17) is 0 Å². The number of allylic oxidation sites excluding steroid dienone is 2. The number of unbranched alkanes of at least 4 members (excludes halogenated alkanes) is 12. The van der Waals surface area contributed by atoms with Crippen molar-refractivity contribution in [3.8, 4) is 0 Å². The van der Waals surface area contributed by atoms with E-state index in [-0.39, 0.29) is 5.92 Å². The summed E-state index contributed by atoms with van der Waals surface area (Å²) in [6.45, 7) is 12.6. The Morgan fingerprint density at radius 1 is 0.766 bits per heavy atom. The highest BCUT2D eigenvalue weighted by Gasteiger charge is 2.59. The van der Waals surface area contributed by atoms with Gasteiger partial charge in [-0.1, -0.05) is 159 Å². The summed E-state index contributed by atoms with van der Waals surface area (Å²) >= 11 is 3.53. The Hall–Kier alpha value is -0.310. The Morgan fingerprint density at radius 2 is 1.38 bits per heavy atom. The van der Waals surface area contributed by atoms with Gasteiger partial charge >= 0.3 is 5.97 Å². The molecule has 0 spiro atoms. The van der Waals surface area contributed by atoms with Gasteiger partial charge < -0.3 is 5.11 Å². The number of carboxylic acids is 1. The van der Waals surface area contributed by atoms with Gasteiger partial charge in [0.15, 0.2) is 0 Å². The molecule has 0 saturated heterocycles. The zero-order valence-electron chi connectivity index (χ0n) is 31.8. The monoisotopic (exact) mass is 717 g/mol. The molecule has 4 aliphatic carbocycles. The zero-order valence-corrected chi connectivity index (χ0v) is 33.4. The van der Waals surface area contributed by atoms with Gasteiger partial charge in [-0.2, -0.15) is 0 Å². The molecular weight excluding hydrogens is 640 g/mol. The number of hydrogen-bond acceptors (Lipinski definition) is 1. The van der Waals surface area contributed by atoms with E-state index in [0.29, 0.717) is 16.7 Å². The molecule has 0 amide bonds. The van der Waals surface area contributed by atoms with Crippen LogP contribution in [0.5, 0.6) is 0 Å². The van der Waals surface area contributed by atoms with Crippen LogP contribution >= 0.6 is 15.9 Å². The van der Waals surface area contributed by atoms with Crippen molar-refractivity contribution in [1.82, 2.24) is 0 Å². The molecule has 0 aliphatic heterocycles. The van der Waals surface area contributed by atoms with Gasteiger partial charge in [0, 0.05) is 5.33 Å². The summed E-state index contributed by atoms with van der Waals surface area (Å²) in [5.41, 5.74) is 2.52. The molecular formula is C44H77BrO2. The second-order valence-electron chi connectivity index (χ2n) is 18.3. The van der Waals surface area contributed by atoms with Gasteiger partial charge in [-0.15, -0.1) is 0 Å². The smallest absolute Gasteiger partial charge is 0.306 e. The molecule has 272 valence electrons. The Morgan fingerprint density at radius 3 is 1.98 bits per heavy atom.